The van der Waals surface area contributed by atoms with Crippen LogP contribution >= 0.6 is 0 Å². The maximum Gasteiger partial charge on any atom is 0.130 e. The van der Waals surface area contributed by atoms with Crippen molar-refractivity contribution in [3.8, 4) is 5.75 Å². The minimum atomic E-state index is 0.0215. The summed E-state index contributed by atoms with van der Waals surface area (Å²) < 4.78 is 5.71. The average Bonchev–Trinajstić information content (AvgIpc) is 2.41. The van der Waals surface area contributed by atoms with Crippen LogP contribution in [0.15, 0.2) is 18.2 Å². The molecule has 0 saturated heterocycles. The van der Waals surface area contributed by atoms with Gasteiger partial charge in [0, 0.05) is 18.2 Å². The van der Waals surface area contributed by atoms with E-state index in [1.54, 1.807) is 12.1 Å². The van der Waals surface area contributed by atoms with Crippen molar-refractivity contribution in [2.45, 2.75) is 60.6 Å². The van der Waals surface area contributed by atoms with Crippen LogP contribution in [0, 0.1) is 12.8 Å². The molecule has 1 rings (SSSR count). The summed E-state index contributed by atoms with van der Waals surface area (Å²) in [4.78, 5) is 0. The largest absolute Gasteiger partial charge is 0.508 e. The third-order valence-electron chi connectivity index (χ3n) is 3.01. The minimum Gasteiger partial charge on any atom is -0.508 e. The Morgan fingerprint density at radius 1 is 1.20 bits per heavy atom. The monoisotopic (exact) mass is 281 g/mol. The number of hydrogen-bond donors (Lipinski definition) is 2. The maximum absolute atomic E-state index is 9.37. The zero-order valence-corrected chi connectivity index (χ0v) is 13.9. The molecule has 0 aliphatic heterocycles. The van der Waals surface area contributed by atoms with Gasteiger partial charge in [0.05, 0.1) is 0 Å². The van der Waals surface area contributed by atoms with Crippen molar-refractivity contribution in [1.82, 2.24) is 0 Å². The van der Waals surface area contributed by atoms with E-state index < -0.39 is 0 Å². The Morgan fingerprint density at radius 3 is 2.25 bits per heavy atom. The fourth-order valence-electron chi connectivity index (χ4n) is 1.70. The van der Waals surface area contributed by atoms with Crippen LogP contribution in [0.2, 0.25) is 0 Å². The van der Waals surface area contributed by atoms with Gasteiger partial charge in [-0.1, -0.05) is 34.1 Å². The second kappa shape index (κ2) is 10.6. The van der Waals surface area contributed by atoms with E-state index in [2.05, 4.69) is 33.0 Å². The summed E-state index contributed by atoms with van der Waals surface area (Å²) >= 11 is 0. The molecule has 1 aromatic rings. The van der Waals surface area contributed by atoms with Crippen molar-refractivity contribution in [2.75, 3.05) is 11.9 Å². The SMILES string of the molecule is CCC.CCOC(Nc1ccc(O)cc1C)C(C)CC. The molecule has 0 saturated carbocycles. The predicted molar refractivity (Wildman–Crippen MR) is 87.3 cm³/mol. The van der Waals surface area contributed by atoms with E-state index in [0.717, 1.165) is 17.7 Å². The maximum atomic E-state index is 9.37. The van der Waals surface area contributed by atoms with Crippen molar-refractivity contribution >= 4 is 5.69 Å². The third kappa shape index (κ3) is 6.80. The number of aryl methyl sites for hydroxylation is 1. The Kier molecular flexibility index (Phi) is 9.91. The van der Waals surface area contributed by atoms with Crippen LogP contribution in [0.1, 0.15) is 53.0 Å². The lowest BCUT2D eigenvalue weighted by molar-refractivity contribution is 0.0441. The van der Waals surface area contributed by atoms with E-state index in [1.807, 2.05) is 19.9 Å². The van der Waals surface area contributed by atoms with Gasteiger partial charge >= 0.3 is 0 Å². The van der Waals surface area contributed by atoms with E-state index in [0.29, 0.717) is 18.3 Å². The summed E-state index contributed by atoms with van der Waals surface area (Å²) in [5.41, 5.74) is 2.04. The van der Waals surface area contributed by atoms with Crippen LogP contribution in [0.3, 0.4) is 0 Å². The number of hydrogen-bond acceptors (Lipinski definition) is 3. The first kappa shape index (κ1) is 18.8. The Balaban J connectivity index is 0.00000110. The molecule has 2 atom stereocenters. The molecule has 0 spiro atoms. The van der Waals surface area contributed by atoms with Gasteiger partial charge in [-0.3, -0.25) is 0 Å². The van der Waals surface area contributed by atoms with Crippen molar-refractivity contribution in [1.29, 1.82) is 0 Å². The lowest BCUT2D eigenvalue weighted by Crippen LogP contribution is -2.30. The minimum absolute atomic E-state index is 0.0215. The summed E-state index contributed by atoms with van der Waals surface area (Å²) in [6, 6.07) is 5.33. The molecule has 0 heterocycles. The molecule has 3 heteroatoms. The van der Waals surface area contributed by atoms with Gasteiger partial charge in [0.15, 0.2) is 0 Å². The van der Waals surface area contributed by atoms with Crippen LogP contribution in [-0.4, -0.2) is 17.9 Å². The van der Waals surface area contributed by atoms with E-state index in [-0.39, 0.29) is 6.23 Å². The van der Waals surface area contributed by atoms with Crippen LogP contribution in [0.5, 0.6) is 5.75 Å². The molecule has 0 fully saturated rings. The number of phenols is 1. The summed E-state index contributed by atoms with van der Waals surface area (Å²) in [6.45, 7) is 13.2. The number of aromatic hydroxyl groups is 1. The molecule has 1 aromatic carbocycles. The Labute approximate surface area is 124 Å². The molecule has 116 valence electrons. The lowest BCUT2D eigenvalue weighted by atomic mass is 10.1. The first-order valence-corrected chi connectivity index (χ1v) is 7.67. The van der Waals surface area contributed by atoms with Gasteiger partial charge in [-0.05, 0) is 44.0 Å². The molecule has 20 heavy (non-hydrogen) atoms. The highest BCUT2D eigenvalue weighted by molar-refractivity contribution is 5.53. The summed E-state index contributed by atoms with van der Waals surface area (Å²) in [5, 5.41) is 12.8. The second-order valence-corrected chi connectivity index (χ2v) is 5.11. The number of rotatable bonds is 6. The quantitative estimate of drug-likeness (QED) is 0.573. The number of benzene rings is 1. The molecule has 0 amide bonds. The van der Waals surface area contributed by atoms with Crippen molar-refractivity contribution in [3.63, 3.8) is 0 Å². The summed E-state index contributed by atoms with van der Waals surface area (Å²) in [6.07, 6.45) is 2.34. The smallest absolute Gasteiger partial charge is 0.130 e. The van der Waals surface area contributed by atoms with Gasteiger partial charge in [0.1, 0.15) is 12.0 Å². The van der Waals surface area contributed by atoms with Gasteiger partial charge < -0.3 is 15.2 Å². The predicted octanol–water partition coefficient (Wildman–Crippen LogP) is 4.94. The lowest BCUT2D eigenvalue weighted by Gasteiger charge is -2.26. The molecule has 3 nitrogen and oxygen atoms in total. The van der Waals surface area contributed by atoms with Crippen molar-refractivity contribution < 1.29 is 9.84 Å². The normalized spacial score (nSPS) is 13.1. The first-order valence-electron chi connectivity index (χ1n) is 7.67. The van der Waals surface area contributed by atoms with Crippen molar-refractivity contribution in [2.24, 2.45) is 5.92 Å². The number of nitrogens with one attached hydrogen (secondary N) is 1. The number of phenolic OH excluding ortho intramolecular Hbond substituents is 1. The van der Waals surface area contributed by atoms with Crippen LogP contribution in [-0.2, 0) is 4.74 Å². The average molecular weight is 281 g/mol. The molecule has 0 aliphatic rings. The Morgan fingerprint density at radius 2 is 1.80 bits per heavy atom. The topological polar surface area (TPSA) is 41.5 Å². The molecule has 0 bridgehead atoms. The van der Waals surface area contributed by atoms with Gasteiger partial charge in [0.25, 0.3) is 0 Å². The zero-order valence-electron chi connectivity index (χ0n) is 13.9. The Bertz CT molecular complexity index is 366. The fourth-order valence-corrected chi connectivity index (χ4v) is 1.70. The van der Waals surface area contributed by atoms with Gasteiger partial charge in [0.2, 0.25) is 0 Å². The molecule has 2 unspecified atom stereocenters. The molecule has 0 aromatic heterocycles. The first-order chi connectivity index (χ1) is 9.49. The highest BCUT2D eigenvalue weighted by atomic mass is 16.5. The van der Waals surface area contributed by atoms with Crippen LogP contribution in [0.4, 0.5) is 5.69 Å². The Hall–Kier alpha value is -1.22. The van der Waals surface area contributed by atoms with Gasteiger partial charge in [-0.25, -0.2) is 0 Å². The number of anilines is 1. The highest BCUT2D eigenvalue weighted by Gasteiger charge is 2.16. The highest BCUT2D eigenvalue weighted by Crippen LogP contribution is 2.23. The number of ether oxygens (including phenoxy) is 1. The molecule has 0 aliphatic carbocycles. The van der Waals surface area contributed by atoms with E-state index in [1.165, 1.54) is 6.42 Å². The zero-order chi connectivity index (χ0) is 15.5. The molecule has 2 N–H and O–H groups in total. The van der Waals surface area contributed by atoms with Crippen LogP contribution in [0.25, 0.3) is 0 Å². The molecule has 0 radical (unpaired) electrons. The summed E-state index contributed by atoms with van der Waals surface area (Å²) in [5.74, 6) is 0.743. The van der Waals surface area contributed by atoms with E-state index in [9.17, 15) is 5.11 Å². The molecular formula is C17H31NO2. The summed E-state index contributed by atoms with van der Waals surface area (Å²) in [7, 11) is 0. The third-order valence-corrected chi connectivity index (χ3v) is 3.01. The van der Waals surface area contributed by atoms with Crippen molar-refractivity contribution in [3.05, 3.63) is 23.8 Å². The van der Waals surface area contributed by atoms with E-state index in [4.69, 9.17) is 4.74 Å². The fraction of sp³-hybridized carbons (Fsp3) is 0.647. The van der Waals surface area contributed by atoms with Gasteiger partial charge in [-0.15, -0.1) is 0 Å². The van der Waals surface area contributed by atoms with E-state index >= 15 is 0 Å². The standard InChI is InChI=1S/C14H23NO2.C3H8/c1-5-10(3)14(17-6-2)15-13-8-7-12(16)9-11(13)4;1-3-2/h7-10,14-16H,5-6H2,1-4H3;3H2,1-2H3. The second-order valence-electron chi connectivity index (χ2n) is 5.11. The van der Waals surface area contributed by atoms with Gasteiger partial charge in [-0.2, -0.15) is 0 Å². The molecular weight excluding hydrogens is 250 g/mol. The van der Waals surface area contributed by atoms with Crippen LogP contribution < -0.4 is 5.32 Å².